The topological polar surface area (TPSA) is 49.4 Å². The molecule has 0 unspecified atom stereocenters. The van der Waals surface area contributed by atoms with Gasteiger partial charge >= 0.3 is 0 Å². The number of carbonyl (C=O) groups is 2. The highest BCUT2D eigenvalue weighted by molar-refractivity contribution is 6.36. The van der Waals surface area contributed by atoms with Crippen LogP contribution in [0, 0.1) is 0 Å². The van der Waals surface area contributed by atoms with E-state index in [1.807, 2.05) is 0 Å². The molecule has 2 aromatic carbocycles. The maximum atomic E-state index is 12.3. The molecule has 0 aliphatic rings. The summed E-state index contributed by atoms with van der Waals surface area (Å²) < 4.78 is 0. The lowest BCUT2D eigenvalue weighted by atomic mass is 10.1. The zero-order chi connectivity index (χ0) is 17.7. The predicted octanol–water partition coefficient (Wildman–Crippen LogP) is 4.29. The van der Waals surface area contributed by atoms with E-state index < -0.39 is 0 Å². The number of carbonyl (C=O) groups excluding carboxylic acids is 2. The molecule has 0 fully saturated rings. The van der Waals surface area contributed by atoms with E-state index >= 15 is 0 Å². The van der Waals surface area contributed by atoms with Crippen LogP contribution in [0.4, 0.5) is 5.69 Å². The molecule has 0 spiro atoms. The summed E-state index contributed by atoms with van der Waals surface area (Å²) >= 11 is 17.9. The number of nitrogens with one attached hydrogen (secondary N) is 1. The van der Waals surface area contributed by atoms with Crippen LogP contribution in [0.25, 0.3) is 0 Å². The van der Waals surface area contributed by atoms with Crippen LogP contribution in [0.3, 0.4) is 0 Å². The molecule has 4 nitrogen and oxygen atoms in total. The van der Waals surface area contributed by atoms with Gasteiger partial charge in [0.25, 0.3) is 0 Å². The van der Waals surface area contributed by atoms with Crippen LogP contribution in [-0.4, -0.2) is 30.3 Å². The number of hydrogen-bond donors (Lipinski definition) is 1. The molecule has 24 heavy (non-hydrogen) atoms. The Balaban J connectivity index is 1.93. The number of amides is 2. The molecule has 0 saturated carbocycles. The summed E-state index contributed by atoms with van der Waals surface area (Å²) in [5, 5.41) is 4.13. The predicted molar refractivity (Wildman–Crippen MR) is 97.9 cm³/mol. The third-order valence-electron chi connectivity index (χ3n) is 3.32. The third-order valence-corrected chi connectivity index (χ3v) is 4.28. The first-order valence-corrected chi connectivity index (χ1v) is 8.22. The van der Waals surface area contributed by atoms with Crippen LogP contribution in [0.2, 0.25) is 15.1 Å². The second kappa shape index (κ2) is 8.38. The van der Waals surface area contributed by atoms with Crippen LogP contribution in [0.15, 0.2) is 42.5 Å². The molecule has 1 N–H and O–H groups in total. The Kier molecular flexibility index (Phi) is 6.49. The van der Waals surface area contributed by atoms with Gasteiger partial charge in [-0.1, -0.05) is 40.9 Å². The molecule has 0 aromatic heterocycles. The number of anilines is 1. The standard InChI is InChI=1S/C17H15Cl3N2O2/c1-22(10-16(23)21-12-7-5-11(18)6-8-12)17(24)9-13-14(19)3-2-4-15(13)20/h2-8H,9-10H2,1H3,(H,21,23). The minimum atomic E-state index is -0.307. The van der Waals surface area contributed by atoms with Crippen molar-refractivity contribution >= 4 is 52.3 Å². The average molecular weight is 386 g/mol. The molecular formula is C17H15Cl3N2O2. The van der Waals surface area contributed by atoms with Crippen molar-refractivity contribution in [3.63, 3.8) is 0 Å². The monoisotopic (exact) mass is 384 g/mol. The molecule has 2 amide bonds. The molecule has 126 valence electrons. The van der Waals surface area contributed by atoms with Gasteiger partial charge in [0.2, 0.25) is 11.8 Å². The Labute approximate surface area is 155 Å². The number of nitrogens with zero attached hydrogens (tertiary/aromatic N) is 1. The minimum Gasteiger partial charge on any atom is -0.336 e. The van der Waals surface area contributed by atoms with Crippen LogP contribution in [0.5, 0.6) is 0 Å². The van der Waals surface area contributed by atoms with Gasteiger partial charge in [-0.15, -0.1) is 0 Å². The summed E-state index contributed by atoms with van der Waals surface area (Å²) in [5.41, 5.74) is 1.16. The first-order chi connectivity index (χ1) is 11.4. The molecule has 0 heterocycles. The van der Waals surface area contributed by atoms with E-state index in [4.69, 9.17) is 34.8 Å². The zero-order valence-electron chi connectivity index (χ0n) is 12.9. The van der Waals surface area contributed by atoms with Crippen molar-refractivity contribution in [3.8, 4) is 0 Å². The molecule has 0 bridgehead atoms. The summed E-state index contributed by atoms with van der Waals surface area (Å²) in [4.78, 5) is 25.6. The Morgan fingerprint density at radius 3 is 2.17 bits per heavy atom. The maximum absolute atomic E-state index is 12.3. The molecule has 0 aliphatic heterocycles. The van der Waals surface area contributed by atoms with Gasteiger partial charge in [-0.05, 0) is 42.0 Å². The highest BCUT2D eigenvalue weighted by Gasteiger charge is 2.16. The number of halogens is 3. The SMILES string of the molecule is CN(CC(=O)Nc1ccc(Cl)cc1)C(=O)Cc1c(Cl)cccc1Cl. The molecule has 2 rings (SSSR count). The fourth-order valence-corrected chi connectivity index (χ4v) is 2.68. The number of benzene rings is 2. The van der Waals surface area contributed by atoms with Crippen LogP contribution in [0.1, 0.15) is 5.56 Å². The number of rotatable bonds is 5. The Morgan fingerprint density at radius 1 is 1.00 bits per heavy atom. The Morgan fingerprint density at radius 2 is 1.58 bits per heavy atom. The quantitative estimate of drug-likeness (QED) is 0.835. The smallest absolute Gasteiger partial charge is 0.243 e. The first kappa shape index (κ1) is 18.6. The van der Waals surface area contributed by atoms with Crippen molar-refractivity contribution < 1.29 is 9.59 Å². The van der Waals surface area contributed by atoms with E-state index in [-0.39, 0.29) is 24.8 Å². The summed E-state index contributed by atoms with van der Waals surface area (Å²) in [7, 11) is 1.55. The van der Waals surface area contributed by atoms with E-state index in [2.05, 4.69) is 5.32 Å². The maximum Gasteiger partial charge on any atom is 0.243 e. The van der Waals surface area contributed by atoms with E-state index in [0.29, 0.717) is 26.3 Å². The van der Waals surface area contributed by atoms with Crippen molar-refractivity contribution in [2.75, 3.05) is 18.9 Å². The van der Waals surface area contributed by atoms with E-state index in [1.165, 1.54) is 4.90 Å². The third kappa shape index (κ3) is 5.13. The minimum absolute atomic E-state index is 0.0310. The second-order valence-electron chi connectivity index (χ2n) is 5.18. The lowest BCUT2D eigenvalue weighted by Gasteiger charge is -2.17. The first-order valence-electron chi connectivity index (χ1n) is 7.09. The van der Waals surface area contributed by atoms with Crippen molar-refractivity contribution in [3.05, 3.63) is 63.1 Å². The fraction of sp³-hybridized carbons (Fsp3) is 0.176. The number of hydrogen-bond acceptors (Lipinski definition) is 2. The molecular weight excluding hydrogens is 371 g/mol. The molecule has 0 atom stereocenters. The molecule has 2 aromatic rings. The summed E-state index contributed by atoms with van der Waals surface area (Å²) in [6.45, 7) is -0.0798. The lowest BCUT2D eigenvalue weighted by Crippen LogP contribution is -2.35. The largest absolute Gasteiger partial charge is 0.336 e. The van der Waals surface area contributed by atoms with Gasteiger partial charge in [-0.25, -0.2) is 0 Å². The van der Waals surface area contributed by atoms with E-state index in [9.17, 15) is 9.59 Å². The van der Waals surface area contributed by atoms with Gasteiger partial charge < -0.3 is 10.2 Å². The van der Waals surface area contributed by atoms with E-state index in [1.54, 1.807) is 49.5 Å². The van der Waals surface area contributed by atoms with Gasteiger partial charge in [0.15, 0.2) is 0 Å². The van der Waals surface area contributed by atoms with Crippen molar-refractivity contribution in [2.45, 2.75) is 6.42 Å². The van der Waals surface area contributed by atoms with Gasteiger partial charge in [-0.2, -0.15) is 0 Å². The van der Waals surface area contributed by atoms with Crippen LogP contribution >= 0.6 is 34.8 Å². The summed E-state index contributed by atoms with van der Waals surface area (Å²) in [5.74, 6) is -0.560. The average Bonchev–Trinajstić information content (AvgIpc) is 2.53. The van der Waals surface area contributed by atoms with Crippen molar-refractivity contribution in [1.82, 2.24) is 4.90 Å². The summed E-state index contributed by atoms with van der Waals surface area (Å²) in [6.07, 6.45) is 0.0310. The van der Waals surface area contributed by atoms with Crippen LogP contribution < -0.4 is 5.32 Å². The highest BCUT2D eigenvalue weighted by atomic mass is 35.5. The summed E-state index contributed by atoms with van der Waals surface area (Å²) in [6, 6.07) is 11.8. The molecule has 0 aliphatic carbocycles. The Hall–Kier alpha value is -1.75. The van der Waals surface area contributed by atoms with Gasteiger partial charge in [0, 0.05) is 27.8 Å². The van der Waals surface area contributed by atoms with Gasteiger partial charge in [0.1, 0.15) is 0 Å². The number of likely N-dealkylation sites (N-methyl/N-ethyl adjacent to an activating group) is 1. The van der Waals surface area contributed by atoms with Crippen LogP contribution in [-0.2, 0) is 16.0 Å². The van der Waals surface area contributed by atoms with Gasteiger partial charge in [0.05, 0.1) is 13.0 Å². The molecule has 7 heteroatoms. The molecule has 0 saturated heterocycles. The normalized spacial score (nSPS) is 10.3. The highest BCUT2D eigenvalue weighted by Crippen LogP contribution is 2.25. The van der Waals surface area contributed by atoms with Crippen molar-refractivity contribution in [2.24, 2.45) is 0 Å². The fourth-order valence-electron chi connectivity index (χ4n) is 2.02. The second-order valence-corrected chi connectivity index (χ2v) is 6.43. The molecule has 0 radical (unpaired) electrons. The zero-order valence-corrected chi connectivity index (χ0v) is 15.1. The Bertz CT molecular complexity index is 728. The van der Waals surface area contributed by atoms with E-state index in [0.717, 1.165) is 0 Å². The van der Waals surface area contributed by atoms with Crippen molar-refractivity contribution in [1.29, 1.82) is 0 Å². The van der Waals surface area contributed by atoms with Gasteiger partial charge in [-0.3, -0.25) is 9.59 Å². The lowest BCUT2D eigenvalue weighted by molar-refractivity contribution is -0.132.